The van der Waals surface area contributed by atoms with Crippen molar-refractivity contribution >= 4 is 11.9 Å². The molecular formula is C22H30N6O3. The Balaban J connectivity index is 1.19. The number of piperidine rings is 2. The van der Waals surface area contributed by atoms with Gasteiger partial charge in [-0.3, -0.25) is 4.79 Å². The molecule has 2 aromatic rings. The Morgan fingerprint density at radius 3 is 2.45 bits per heavy atom. The van der Waals surface area contributed by atoms with Gasteiger partial charge in [0.05, 0.1) is 18.9 Å². The third kappa shape index (κ3) is 4.04. The van der Waals surface area contributed by atoms with Gasteiger partial charge in [-0.25, -0.2) is 9.67 Å². The van der Waals surface area contributed by atoms with Gasteiger partial charge in [0.1, 0.15) is 0 Å². The minimum atomic E-state index is -0.437. The summed E-state index contributed by atoms with van der Waals surface area (Å²) in [6.45, 7) is 8.31. The number of likely N-dealkylation sites (tertiary alicyclic amines) is 1. The molecule has 3 fully saturated rings. The van der Waals surface area contributed by atoms with Crippen LogP contribution in [0.3, 0.4) is 0 Å². The monoisotopic (exact) mass is 426 g/mol. The van der Waals surface area contributed by atoms with Gasteiger partial charge in [0.25, 0.3) is 0 Å². The molecule has 31 heavy (non-hydrogen) atoms. The van der Waals surface area contributed by atoms with Gasteiger partial charge in [-0.05, 0) is 32.8 Å². The number of amides is 1. The zero-order valence-corrected chi connectivity index (χ0v) is 18.3. The number of carbonyl (C=O) groups is 1. The summed E-state index contributed by atoms with van der Waals surface area (Å²) in [5.41, 5.74) is 2.01. The van der Waals surface area contributed by atoms with Crippen LogP contribution in [0, 0.1) is 19.8 Å². The van der Waals surface area contributed by atoms with Gasteiger partial charge >= 0.3 is 0 Å². The van der Waals surface area contributed by atoms with Crippen molar-refractivity contribution in [2.24, 2.45) is 5.92 Å². The second-order valence-corrected chi connectivity index (χ2v) is 8.75. The Labute approximate surface area is 182 Å². The molecule has 1 amide bonds. The molecule has 2 aromatic heterocycles. The molecule has 3 aliphatic heterocycles. The molecule has 0 saturated carbocycles. The topological polar surface area (TPSA) is 85.6 Å². The number of hydrogen-bond donors (Lipinski definition) is 0. The van der Waals surface area contributed by atoms with Crippen molar-refractivity contribution in [2.45, 2.75) is 45.3 Å². The minimum absolute atomic E-state index is 0.0647. The van der Waals surface area contributed by atoms with Crippen LogP contribution >= 0.6 is 0 Å². The molecule has 9 nitrogen and oxygen atoms in total. The highest BCUT2D eigenvalue weighted by Gasteiger charge is 2.42. The van der Waals surface area contributed by atoms with E-state index >= 15 is 0 Å². The summed E-state index contributed by atoms with van der Waals surface area (Å²) in [4.78, 5) is 26.4. The van der Waals surface area contributed by atoms with Gasteiger partial charge in [0, 0.05) is 62.9 Å². The largest absolute Gasteiger partial charge is 0.347 e. The second-order valence-electron chi connectivity index (χ2n) is 8.75. The molecular weight excluding hydrogens is 396 g/mol. The van der Waals surface area contributed by atoms with E-state index in [4.69, 9.17) is 14.5 Å². The number of aryl methyl sites for hydroxylation is 2. The molecule has 0 N–H and O–H groups in total. The van der Waals surface area contributed by atoms with Crippen molar-refractivity contribution < 1.29 is 14.3 Å². The van der Waals surface area contributed by atoms with Crippen LogP contribution in [0.4, 0.5) is 5.95 Å². The fourth-order valence-electron chi connectivity index (χ4n) is 4.91. The summed E-state index contributed by atoms with van der Waals surface area (Å²) in [5.74, 6) is 1.37. The summed E-state index contributed by atoms with van der Waals surface area (Å²) in [6, 6.07) is 3.91. The average molecular weight is 427 g/mol. The Kier molecular flexibility index (Phi) is 5.39. The van der Waals surface area contributed by atoms with Gasteiger partial charge in [0.2, 0.25) is 11.9 Å². The van der Waals surface area contributed by atoms with Crippen molar-refractivity contribution in [1.82, 2.24) is 24.6 Å². The maximum absolute atomic E-state index is 13.1. The molecule has 0 radical (unpaired) electrons. The molecule has 0 aliphatic carbocycles. The van der Waals surface area contributed by atoms with Gasteiger partial charge in [0.15, 0.2) is 11.6 Å². The number of ether oxygens (including phenoxy) is 2. The summed E-state index contributed by atoms with van der Waals surface area (Å²) >= 11 is 0. The molecule has 3 aliphatic rings. The lowest BCUT2D eigenvalue weighted by molar-refractivity contribution is -0.188. The minimum Gasteiger partial charge on any atom is -0.347 e. The molecule has 0 unspecified atom stereocenters. The summed E-state index contributed by atoms with van der Waals surface area (Å²) in [6.07, 6.45) is 4.96. The van der Waals surface area contributed by atoms with E-state index in [-0.39, 0.29) is 11.8 Å². The van der Waals surface area contributed by atoms with Crippen molar-refractivity contribution in [1.29, 1.82) is 0 Å². The highest BCUT2D eigenvalue weighted by molar-refractivity contribution is 5.79. The van der Waals surface area contributed by atoms with E-state index in [1.165, 1.54) is 0 Å². The smallest absolute Gasteiger partial charge is 0.227 e. The normalized spacial score (nSPS) is 21.7. The second kappa shape index (κ2) is 8.20. The first-order chi connectivity index (χ1) is 15.0. The molecule has 0 bridgehead atoms. The van der Waals surface area contributed by atoms with E-state index < -0.39 is 5.79 Å². The van der Waals surface area contributed by atoms with E-state index in [1.807, 2.05) is 35.6 Å². The zero-order valence-electron chi connectivity index (χ0n) is 18.3. The zero-order chi connectivity index (χ0) is 21.4. The molecule has 5 heterocycles. The van der Waals surface area contributed by atoms with Gasteiger partial charge in [-0.2, -0.15) is 10.1 Å². The Bertz CT molecular complexity index is 936. The van der Waals surface area contributed by atoms with Crippen LogP contribution in [-0.4, -0.2) is 75.7 Å². The molecule has 0 aromatic carbocycles. The van der Waals surface area contributed by atoms with E-state index in [0.717, 1.165) is 56.0 Å². The standard InChI is InChI=1S/C22H30N6O3/c1-16-15-17(2)28(25-16)19-3-8-23-21(24-19)27-9-4-18(5-10-27)20(29)26-11-6-22(7-12-26)30-13-14-31-22/h3,8,15,18H,4-7,9-14H2,1-2H3. The fourth-order valence-corrected chi connectivity index (χ4v) is 4.91. The number of hydrogen-bond acceptors (Lipinski definition) is 7. The lowest BCUT2D eigenvalue weighted by atomic mass is 9.93. The molecule has 5 rings (SSSR count). The number of carbonyl (C=O) groups excluding carboxylic acids is 1. The predicted octanol–water partition coefficient (Wildman–Crippen LogP) is 1.86. The third-order valence-electron chi connectivity index (χ3n) is 6.63. The highest BCUT2D eigenvalue weighted by Crippen LogP contribution is 2.32. The first-order valence-corrected chi connectivity index (χ1v) is 11.2. The van der Waals surface area contributed by atoms with Crippen molar-refractivity contribution in [2.75, 3.05) is 44.3 Å². The number of anilines is 1. The Hall–Kier alpha value is -2.52. The van der Waals surface area contributed by atoms with Crippen LogP contribution in [0.5, 0.6) is 0 Å². The van der Waals surface area contributed by atoms with E-state index in [0.29, 0.717) is 32.3 Å². The van der Waals surface area contributed by atoms with Crippen LogP contribution in [0.1, 0.15) is 37.1 Å². The van der Waals surface area contributed by atoms with Crippen LogP contribution < -0.4 is 4.90 Å². The van der Waals surface area contributed by atoms with E-state index in [1.54, 1.807) is 6.20 Å². The van der Waals surface area contributed by atoms with E-state index in [9.17, 15) is 4.79 Å². The molecule has 9 heteroatoms. The van der Waals surface area contributed by atoms with Crippen LogP contribution in [-0.2, 0) is 14.3 Å². The number of rotatable bonds is 3. The average Bonchev–Trinajstić information content (AvgIpc) is 3.39. The van der Waals surface area contributed by atoms with Crippen molar-refractivity contribution in [3.63, 3.8) is 0 Å². The summed E-state index contributed by atoms with van der Waals surface area (Å²) in [5, 5.41) is 4.52. The molecule has 3 saturated heterocycles. The lowest BCUT2D eigenvalue weighted by Gasteiger charge is -2.40. The third-order valence-corrected chi connectivity index (χ3v) is 6.63. The van der Waals surface area contributed by atoms with Crippen LogP contribution in [0.2, 0.25) is 0 Å². The fraction of sp³-hybridized carbons (Fsp3) is 0.636. The van der Waals surface area contributed by atoms with Gasteiger partial charge < -0.3 is 19.3 Å². The first kappa shape index (κ1) is 20.4. The molecule has 1 spiro atoms. The Morgan fingerprint density at radius 1 is 1.10 bits per heavy atom. The predicted molar refractivity (Wildman–Crippen MR) is 114 cm³/mol. The molecule has 166 valence electrons. The van der Waals surface area contributed by atoms with Crippen LogP contribution in [0.25, 0.3) is 5.82 Å². The maximum atomic E-state index is 13.1. The summed E-state index contributed by atoms with van der Waals surface area (Å²) < 4.78 is 13.4. The van der Waals surface area contributed by atoms with E-state index in [2.05, 4.69) is 15.0 Å². The number of aromatic nitrogens is 4. The SMILES string of the molecule is Cc1cc(C)n(-c2ccnc(N3CCC(C(=O)N4CCC5(CC4)OCCO5)CC3)n2)n1. The van der Waals surface area contributed by atoms with Crippen LogP contribution in [0.15, 0.2) is 18.3 Å². The lowest BCUT2D eigenvalue weighted by Crippen LogP contribution is -2.50. The quantitative estimate of drug-likeness (QED) is 0.741. The maximum Gasteiger partial charge on any atom is 0.227 e. The number of nitrogens with zero attached hydrogens (tertiary/aromatic N) is 6. The molecule has 0 atom stereocenters. The van der Waals surface area contributed by atoms with Crippen molar-refractivity contribution in [3.8, 4) is 5.82 Å². The van der Waals surface area contributed by atoms with Crippen molar-refractivity contribution in [3.05, 3.63) is 29.7 Å². The summed E-state index contributed by atoms with van der Waals surface area (Å²) in [7, 11) is 0. The van der Waals surface area contributed by atoms with Gasteiger partial charge in [-0.15, -0.1) is 0 Å². The van der Waals surface area contributed by atoms with Gasteiger partial charge in [-0.1, -0.05) is 0 Å². The first-order valence-electron chi connectivity index (χ1n) is 11.2. The highest BCUT2D eigenvalue weighted by atomic mass is 16.7. The Morgan fingerprint density at radius 2 is 1.81 bits per heavy atom.